The summed E-state index contributed by atoms with van der Waals surface area (Å²) in [6.45, 7) is 1.40. The first-order chi connectivity index (χ1) is 19.3. The van der Waals surface area contributed by atoms with E-state index in [0.29, 0.717) is 0 Å². The molecule has 5 rings (SSSR count). The highest BCUT2D eigenvalue weighted by Gasteiger charge is 2.50. The Hall–Kier alpha value is -3.51. The molecule has 0 spiro atoms. The molecule has 2 saturated heterocycles. The highest BCUT2D eigenvalue weighted by molar-refractivity contribution is 5.88. The Balaban J connectivity index is 1.49. The van der Waals surface area contributed by atoms with E-state index >= 15 is 0 Å². The first kappa shape index (κ1) is 29.0. The van der Waals surface area contributed by atoms with E-state index in [2.05, 4.69) is 0 Å². The highest BCUT2D eigenvalue weighted by atomic mass is 16.8. The van der Waals surface area contributed by atoms with E-state index in [4.69, 9.17) is 23.4 Å². The van der Waals surface area contributed by atoms with Gasteiger partial charge in [0.05, 0.1) is 17.7 Å². The number of ether oxygens (including phenoxy) is 4. The molecule has 0 unspecified atom stereocenters. The monoisotopic (exact) mass is 581 g/mol. The molecular weight excluding hydrogens is 552 g/mol. The number of aromatic hydroxyl groups is 4. The molecular formula is C26H29O15+. The van der Waals surface area contributed by atoms with Crippen LogP contribution < -0.4 is 4.74 Å². The summed E-state index contributed by atoms with van der Waals surface area (Å²) in [4.78, 5) is 0. The molecule has 222 valence electrons. The Labute approximate surface area is 230 Å². The number of hydrogen-bond acceptors (Lipinski definition) is 14. The van der Waals surface area contributed by atoms with Gasteiger partial charge in [-0.05, 0) is 19.1 Å². The van der Waals surface area contributed by atoms with Crippen molar-refractivity contribution in [3.05, 3.63) is 36.4 Å². The lowest BCUT2D eigenvalue weighted by atomic mass is 10.00. The number of aliphatic hydroxyl groups is 6. The quantitative estimate of drug-likeness (QED) is 0.131. The Morgan fingerprint density at radius 1 is 0.659 bits per heavy atom. The Bertz CT molecular complexity index is 1420. The average molecular weight is 582 g/mol. The SMILES string of the molecule is C[C@@H]1O[C@@H](O[C@H]2O[C@@H](Oc3cc4c(O)cc(O)cc4[o+]c3-c3ccc(O)c(O)c3)[C@H](O)[C@@H](O)[C@@H]2O)[C@H](O)[C@H](O)[C@H]1O. The predicted molar refractivity (Wildman–Crippen MR) is 133 cm³/mol. The molecule has 15 heteroatoms. The second-order valence-corrected chi connectivity index (χ2v) is 9.80. The number of aliphatic hydroxyl groups excluding tert-OH is 6. The number of hydrogen-bond donors (Lipinski definition) is 10. The van der Waals surface area contributed by atoms with Gasteiger partial charge in [0.1, 0.15) is 53.5 Å². The molecule has 10 atom stereocenters. The van der Waals surface area contributed by atoms with Gasteiger partial charge in [0.15, 0.2) is 24.1 Å². The Morgan fingerprint density at radius 3 is 1.98 bits per heavy atom. The molecule has 41 heavy (non-hydrogen) atoms. The molecule has 2 fully saturated rings. The highest BCUT2D eigenvalue weighted by Crippen LogP contribution is 2.42. The van der Waals surface area contributed by atoms with E-state index in [1.54, 1.807) is 0 Å². The third-order valence-corrected chi connectivity index (χ3v) is 6.90. The van der Waals surface area contributed by atoms with Crippen LogP contribution in [0.5, 0.6) is 28.7 Å². The van der Waals surface area contributed by atoms with Gasteiger partial charge in [0, 0.05) is 18.2 Å². The van der Waals surface area contributed by atoms with E-state index in [1.807, 2.05) is 0 Å². The largest absolute Gasteiger partial charge is 0.507 e. The fourth-order valence-electron chi connectivity index (χ4n) is 4.55. The molecule has 0 radical (unpaired) electrons. The summed E-state index contributed by atoms with van der Waals surface area (Å²) in [7, 11) is 0. The zero-order valence-electron chi connectivity index (χ0n) is 21.3. The van der Waals surface area contributed by atoms with Crippen LogP contribution in [0.25, 0.3) is 22.3 Å². The zero-order valence-corrected chi connectivity index (χ0v) is 21.3. The second kappa shape index (κ2) is 11.1. The van der Waals surface area contributed by atoms with Crippen LogP contribution >= 0.6 is 0 Å². The molecule has 3 heterocycles. The molecule has 3 aromatic rings. The normalized spacial score (nSPS) is 34.0. The zero-order chi connectivity index (χ0) is 29.7. The number of rotatable bonds is 5. The summed E-state index contributed by atoms with van der Waals surface area (Å²) in [5.74, 6) is -2.05. The summed E-state index contributed by atoms with van der Waals surface area (Å²) >= 11 is 0. The van der Waals surface area contributed by atoms with Gasteiger partial charge >= 0.3 is 11.3 Å². The number of fused-ring (bicyclic) bond motifs is 1. The van der Waals surface area contributed by atoms with E-state index in [0.717, 1.165) is 18.2 Å². The van der Waals surface area contributed by atoms with Crippen molar-refractivity contribution in [2.75, 3.05) is 0 Å². The van der Waals surface area contributed by atoms with E-state index in [9.17, 15) is 51.1 Å². The molecule has 0 saturated carbocycles. The van der Waals surface area contributed by atoms with Crippen LogP contribution in [0.1, 0.15) is 6.92 Å². The maximum Gasteiger partial charge on any atom is 0.402 e. The van der Waals surface area contributed by atoms with Gasteiger partial charge in [-0.15, -0.1) is 0 Å². The number of phenols is 4. The maximum absolute atomic E-state index is 10.7. The summed E-state index contributed by atoms with van der Waals surface area (Å²) in [5.41, 5.74) is 0.122. The Kier molecular flexibility index (Phi) is 7.82. The van der Waals surface area contributed by atoms with Gasteiger partial charge in [0.2, 0.25) is 12.0 Å². The lowest BCUT2D eigenvalue weighted by Crippen LogP contribution is -2.63. The third kappa shape index (κ3) is 5.42. The maximum atomic E-state index is 10.7. The second-order valence-electron chi connectivity index (χ2n) is 9.80. The molecule has 15 nitrogen and oxygen atoms in total. The summed E-state index contributed by atoms with van der Waals surface area (Å²) in [6.07, 6.45) is -16.8. The average Bonchev–Trinajstić information content (AvgIpc) is 2.93. The molecule has 0 amide bonds. The molecule has 2 aromatic carbocycles. The molecule has 10 N–H and O–H groups in total. The van der Waals surface area contributed by atoms with Gasteiger partial charge in [-0.2, -0.15) is 0 Å². The summed E-state index contributed by atoms with van der Waals surface area (Å²) in [5, 5.41) is 102. The summed E-state index contributed by atoms with van der Waals surface area (Å²) < 4.78 is 28.0. The van der Waals surface area contributed by atoms with Crippen LogP contribution in [0.4, 0.5) is 0 Å². The summed E-state index contributed by atoms with van der Waals surface area (Å²) in [6, 6.07) is 7.11. The van der Waals surface area contributed by atoms with Crippen molar-refractivity contribution in [1.82, 2.24) is 0 Å². The van der Waals surface area contributed by atoms with E-state index < -0.39 is 78.8 Å². The van der Waals surface area contributed by atoms with Crippen LogP contribution in [0.2, 0.25) is 0 Å². The van der Waals surface area contributed by atoms with Crippen molar-refractivity contribution in [2.24, 2.45) is 0 Å². The van der Waals surface area contributed by atoms with Crippen molar-refractivity contribution in [3.8, 4) is 40.1 Å². The topological polar surface area (TPSA) is 251 Å². The fourth-order valence-corrected chi connectivity index (χ4v) is 4.55. The number of phenolic OH excluding ortho intramolecular Hbond substituents is 4. The first-order valence-corrected chi connectivity index (χ1v) is 12.4. The third-order valence-electron chi connectivity index (χ3n) is 6.90. The van der Waals surface area contributed by atoms with Gasteiger partial charge in [0.25, 0.3) is 0 Å². The van der Waals surface area contributed by atoms with Crippen molar-refractivity contribution >= 4 is 11.0 Å². The molecule has 1 aromatic heterocycles. The van der Waals surface area contributed by atoms with Gasteiger partial charge in [-0.3, -0.25) is 0 Å². The standard InChI is InChI=1S/C26H28O15/c1-8-17(31)18(32)20(34)24(37-8)40-26-22(36)19(33)21(35)25(41-26)39-16-7-11-13(29)5-10(27)6-15(11)38-23(16)9-2-3-12(28)14(30)4-9/h2-8,17-22,24-26,31-36H,1H3,(H3-,27,28,29,30)/p+1/t8-,17-,18+,19+,20+,21+,22-,24-,25+,26-/m0/s1. The van der Waals surface area contributed by atoms with Crippen LogP contribution in [0, 0.1) is 0 Å². The van der Waals surface area contributed by atoms with Crippen LogP contribution in [-0.2, 0) is 14.2 Å². The minimum atomic E-state index is -1.92. The molecule has 0 aliphatic carbocycles. The minimum absolute atomic E-state index is 0.0162. The van der Waals surface area contributed by atoms with E-state index in [-0.39, 0.29) is 33.8 Å². The number of benzene rings is 2. The van der Waals surface area contributed by atoms with Crippen molar-refractivity contribution in [1.29, 1.82) is 0 Å². The predicted octanol–water partition coefficient (Wildman–Crippen LogP) is -0.809. The van der Waals surface area contributed by atoms with Crippen molar-refractivity contribution < 1.29 is 74.4 Å². The van der Waals surface area contributed by atoms with Crippen LogP contribution in [0.3, 0.4) is 0 Å². The van der Waals surface area contributed by atoms with Gasteiger partial charge in [-0.25, -0.2) is 4.42 Å². The van der Waals surface area contributed by atoms with Crippen LogP contribution in [0.15, 0.2) is 40.8 Å². The smallest absolute Gasteiger partial charge is 0.402 e. The molecule has 2 aliphatic heterocycles. The van der Waals surface area contributed by atoms with Crippen molar-refractivity contribution in [3.63, 3.8) is 0 Å². The Morgan fingerprint density at radius 2 is 1.29 bits per heavy atom. The minimum Gasteiger partial charge on any atom is -0.507 e. The lowest BCUT2D eigenvalue weighted by Gasteiger charge is -2.44. The lowest BCUT2D eigenvalue weighted by molar-refractivity contribution is -0.388. The first-order valence-electron chi connectivity index (χ1n) is 12.4. The van der Waals surface area contributed by atoms with Crippen LogP contribution in [-0.4, -0.2) is 113 Å². The van der Waals surface area contributed by atoms with Gasteiger partial charge < -0.3 is 70.0 Å². The van der Waals surface area contributed by atoms with Gasteiger partial charge in [-0.1, -0.05) is 0 Å². The van der Waals surface area contributed by atoms with E-state index in [1.165, 1.54) is 25.1 Å². The molecule has 2 aliphatic rings. The fraction of sp³-hybridized carbons (Fsp3) is 0.423. The van der Waals surface area contributed by atoms with Crippen molar-refractivity contribution in [2.45, 2.75) is 68.5 Å². The molecule has 0 bridgehead atoms.